The summed E-state index contributed by atoms with van der Waals surface area (Å²) in [7, 11) is 0. The lowest BCUT2D eigenvalue weighted by Crippen LogP contribution is -2.44. The van der Waals surface area contributed by atoms with Gasteiger partial charge in [0.25, 0.3) is 0 Å². The Morgan fingerprint density at radius 2 is 1.89 bits per heavy atom. The highest BCUT2D eigenvalue weighted by molar-refractivity contribution is 6.30. The summed E-state index contributed by atoms with van der Waals surface area (Å²) < 4.78 is 10.6. The molecule has 0 aliphatic carbocycles. The largest absolute Gasteiger partial charge is 0.482 e. The van der Waals surface area contributed by atoms with Gasteiger partial charge in [0.2, 0.25) is 5.91 Å². The number of rotatable bonds is 6. The average Bonchev–Trinajstić information content (AvgIpc) is 2.67. The fourth-order valence-electron chi connectivity index (χ4n) is 3.21. The van der Waals surface area contributed by atoms with Gasteiger partial charge in [-0.2, -0.15) is 0 Å². The van der Waals surface area contributed by atoms with E-state index >= 15 is 0 Å². The SMILES string of the molecule is O=C(O)COc1cccc(NC(=O)C2(c3cccc(Cl)c3)CCOCC2)c1. The van der Waals surface area contributed by atoms with Crippen molar-refractivity contribution >= 4 is 29.2 Å². The number of carbonyl (C=O) groups excluding carboxylic acids is 1. The van der Waals surface area contributed by atoms with E-state index in [1.165, 1.54) is 0 Å². The molecule has 2 N–H and O–H groups in total. The number of aliphatic carboxylic acids is 1. The molecule has 1 amide bonds. The maximum atomic E-state index is 13.2. The second-order valence-electron chi connectivity index (χ2n) is 6.37. The van der Waals surface area contributed by atoms with Crippen molar-refractivity contribution in [1.82, 2.24) is 0 Å². The topological polar surface area (TPSA) is 84.9 Å². The molecule has 0 bridgehead atoms. The molecule has 2 aromatic carbocycles. The molecule has 0 radical (unpaired) electrons. The lowest BCUT2D eigenvalue weighted by Gasteiger charge is -2.36. The highest BCUT2D eigenvalue weighted by Crippen LogP contribution is 2.37. The van der Waals surface area contributed by atoms with Crippen molar-refractivity contribution < 1.29 is 24.2 Å². The fourth-order valence-corrected chi connectivity index (χ4v) is 3.40. The van der Waals surface area contributed by atoms with E-state index in [0.29, 0.717) is 42.5 Å². The Kier molecular flexibility index (Phi) is 5.98. The molecule has 6 nitrogen and oxygen atoms in total. The number of halogens is 1. The molecule has 0 unspecified atom stereocenters. The van der Waals surface area contributed by atoms with Crippen LogP contribution in [0.1, 0.15) is 18.4 Å². The van der Waals surface area contributed by atoms with Crippen LogP contribution in [0.2, 0.25) is 5.02 Å². The van der Waals surface area contributed by atoms with Crippen molar-refractivity contribution in [2.75, 3.05) is 25.1 Å². The van der Waals surface area contributed by atoms with Gasteiger partial charge >= 0.3 is 5.97 Å². The number of amides is 1. The maximum Gasteiger partial charge on any atom is 0.341 e. The van der Waals surface area contributed by atoms with E-state index in [0.717, 1.165) is 5.56 Å². The molecule has 0 aromatic heterocycles. The summed E-state index contributed by atoms with van der Waals surface area (Å²) in [6, 6.07) is 14.0. The molecule has 27 heavy (non-hydrogen) atoms. The minimum atomic E-state index is -1.06. The van der Waals surface area contributed by atoms with Crippen LogP contribution in [0.4, 0.5) is 5.69 Å². The highest BCUT2D eigenvalue weighted by atomic mass is 35.5. The molecular weight excluding hydrogens is 370 g/mol. The standard InChI is InChI=1S/C20H20ClNO5/c21-15-4-1-3-14(11-15)20(7-9-26-10-8-20)19(25)22-16-5-2-6-17(12-16)27-13-18(23)24/h1-6,11-12H,7-10,13H2,(H,22,25)(H,23,24). The zero-order valence-electron chi connectivity index (χ0n) is 14.6. The van der Waals surface area contributed by atoms with Crippen LogP contribution in [0.25, 0.3) is 0 Å². The van der Waals surface area contributed by atoms with E-state index in [1.807, 2.05) is 18.2 Å². The quantitative estimate of drug-likeness (QED) is 0.790. The second-order valence-corrected chi connectivity index (χ2v) is 6.81. The molecule has 0 atom stereocenters. The number of hydrogen-bond donors (Lipinski definition) is 2. The van der Waals surface area contributed by atoms with Gasteiger partial charge in [0, 0.05) is 30.0 Å². The smallest absolute Gasteiger partial charge is 0.341 e. The van der Waals surface area contributed by atoms with Crippen LogP contribution >= 0.6 is 11.6 Å². The van der Waals surface area contributed by atoms with Gasteiger partial charge in [-0.15, -0.1) is 0 Å². The van der Waals surface area contributed by atoms with Crippen LogP contribution in [-0.4, -0.2) is 36.8 Å². The van der Waals surface area contributed by atoms with Gasteiger partial charge in [-0.25, -0.2) is 4.79 Å². The normalized spacial score (nSPS) is 15.7. The van der Waals surface area contributed by atoms with E-state index in [9.17, 15) is 9.59 Å². The fraction of sp³-hybridized carbons (Fsp3) is 0.300. The zero-order chi connectivity index (χ0) is 19.3. The van der Waals surface area contributed by atoms with Gasteiger partial charge in [-0.1, -0.05) is 29.8 Å². The zero-order valence-corrected chi connectivity index (χ0v) is 15.4. The molecule has 2 aromatic rings. The number of nitrogens with one attached hydrogen (secondary N) is 1. The van der Waals surface area contributed by atoms with Crippen LogP contribution < -0.4 is 10.1 Å². The van der Waals surface area contributed by atoms with Crippen LogP contribution in [0, 0.1) is 0 Å². The lowest BCUT2D eigenvalue weighted by atomic mass is 9.73. The summed E-state index contributed by atoms with van der Waals surface area (Å²) in [6.07, 6.45) is 1.10. The molecule has 1 aliphatic rings. The van der Waals surface area contributed by atoms with E-state index in [-0.39, 0.29) is 5.91 Å². The maximum absolute atomic E-state index is 13.2. The van der Waals surface area contributed by atoms with Gasteiger partial charge in [0.1, 0.15) is 5.75 Å². The van der Waals surface area contributed by atoms with E-state index in [1.54, 1.807) is 30.3 Å². The minimum absolute atomic E-state index is 0.150. The molecule has 1 fully saturated rings. The second kappa shape index (κ2) is 8.41. The highest BCUT2D eigenvalue weighted by Gasteiger charge is 2.41. The number of carboxylic acid groups (broad SMARTS) is 1. The summed E-state index contributed by atoms with van der Waals surface area (Å²) in [5.41, 5.74) is 0.658. The van der Waals surface area contributed by atoms with Crippen LogP contribution in [0.5, 0.6) is 5.75 Å². The number of anilines is 1. The molecule has 0 saturated carbocycles. The predicted molar refractivity (Wildman–Crippen MR) is 101 cm³/mol. The van der Waals surface area contributed by atoms with Crippen molar-refractivity contribution in [3.63, 3.8) is 0 Å². The van der Waals surface area contributed by atoms with Gasteiger partial charge in [0.05, 0.1) is 5.41 Å². The first kappa shape index (κ1) is 19.2. The summed E-state index contributed by atoms with van der Waals surface area (Å²) in [5, 5.41) is 12.2. The average molecular weight is 390 g/mol. The lowest BCUT2D eigenvalue weighted by molar-refractivity contribution is -0.139. The molecule has 1 aliphatic heterocycles. The van der Waals surface area contributed by atoms with Crippen molar-refractivity contribution in [2.24, 2.45) is 0 Å². The Labute approximate surface area is 162 Å². The third-order valence-corrected chi connectivity index (χ3v) is 4.85. The van der Waals surface area contributed by atoms with Crippen molar-refractivity contribution in [3.05, 3.63) is 59.1 Å². The van der Waals surface area contributed by atoms with Gasteiger partial charge < -0.3 is 19.9 Å². The molecule has 1 heterocycles. The summed E-state index contributed by atoms with van der Waals surface area (Å²) >= 11 is 6.14. The van der Waals surface area contributed by atoms with Gasteiger partial charge in [-0.3, -0.25) is 4.79 Å². The first-order valence-electron chi connectivity index (χ1n) is 8.59. The third kappa shape index (κ3) is 4.59. The number of carbonyl (C=O) groups is 2. The Bertz CT molecular complexity index is 833. The van der Waals surface area contributed by atoms with Crippen LogP contribution in [0.3, 0.4) is 0 Å². The summed E-state index contributed by atoms with van der Waals surface area (Å²) in [6.45, 7) is 0.532. The monoisotopic (exact) mass is 389 g/mol. The summed E-state index contributed by atoms with van der Waals surface area (Å²) in [4.78, 5) is 23.9. The van der Waals surface area contributed by atoms with Crippen molar-refractivity contribution in [3.8, 4) is 5.75 Å². The Morgan fingerprint density at radius 1 is 1.15 bits per heavy atom. The van der Waals surface area contributed by atoms with Crippen LogP contribution in [-0.2, 0) is 19.7 Å². The van der Waals surface area contributed by atoms with Crippen molar-refractivity contribution in [2.45, 2.75) is 18.3 Å². The number of hydrogen-bond acceptors (Lipinski definition) is 4. The molecule has 142 valence electrons. The van der Waals surface area contributed by atoms with Crippen molar-refractivity contribution in [1.29, 1.82) is 0 Å². The number of ether oxygens (including phenoxy) is 2. The molecule has 0 spiro atoms. The minimum Gasteiger partial charge on any atom is -0.482 e. The molecule has 3 rings (SSSR count). The molecule has 1 saturated heterocycles. The first-order chi connectivity index (χ1) is 13.0. The Hall–Kier alpha value is -2.57. The van der Waals surface area contributed by atoms with Gasteiger partial charge in [0.15, 0.2) is 6.61 Å². The summed E-state index contributed by atoms with van der Waals surface area (Å²) in [5.74, 6) is -0.839. The van der Waals surface area contributed by atoms with E-state index in [2.05, 4.69) is 5.32 Å². The Balaban J connectivity index is 1.83. The van der Waals surface area contributed by atoms with E-state index < -0.39 is 18.0 Å². The molecule has 7 heteroatoms. The molecular formula is C20H20ClNO5. The predicted octanol–water partition coefficient (Wildman–Crippen LogP) is 3.49. The third-order valence-electron chi connectivity index (χ3n) is 4.61. The number of benzene rings is 2. The first-order valence-corrected chi connectivity index (χ1v) is 8.97. The van der Waals surface area contributed by atoms with Gasteiger partial charge in [-0.05, 0) is 42.7 Å². The van der Waals surface area contributed by atoms with Crippen LogP contribution in [0.15, 0.2) is 48.5 Å². The van der Waals surface area contributed by atoms with E-state index in [4.69, 9.17) is 26.2 Å². The Morgan fingerprint density at radius 3 is 2.59 bits per heavy atom. The number of carboxylic acids is 1.